The molecular formula is C14H22N2O2. The van der Waals surface area contributed by atoms with Gasteiger partial charge in [0.05, 0.1) is 0 Å². The summed E-state index contributed by atoms with van der Waals surface area (Å²) >= 11 is 0. The summed E-state index contributed by atoms with van der Waals surface area (Å²) in [5, 5.41) is 5.41. The topological polar surface area (TPSA) is 50.4 Å². The second-order valence-corrected chi connectivity index (χ2v) is 4.32. The number of nitrogens with one attached hydrogen (secondary N) is 2. The van der Waals surface area contributed by atoms with Crippen molar-refractivity contribution < 1.29 is 9.53 Å². The summed E-state index contributed by atoms with van der Waals surface area (Å²) in [6.07, 6.45) is 2.06. The lowest BCUT2D eigenvalue weighted by Crippen LogP contribution is -2.38. The van der Waals surface area contributed by atoms with Crippen LogP contribution < -0.4 is 15.4 Å². The van der Waals surface area contributed by atoms with Gasteiger partial charge >= 0.3 is 6.03 Å². The van der Waals surface area contributed by atoms with Gasteiger partial charge in [0.15, 0.2) is 6.73 Å². The maximum atomic E-state index is 11.3. The van der Waals surface area contributed by atoms with Crippen LogP contribution in [0.2, 0.25) is 0 Å². The minimum atomic E-state index is -0.188. The molecule has 1 aromatic rings. The predicted molar refractivity (Wildman–Crippen MR) is 72.9 cm³/mol. The number of unbranched alkanes of at least 4 members (excludes halogenated alkanes) is 1. The van der Waals surface area contributed by atoms with Crippen LogP contribution in [0.4, 0.5) is 4.79 Å². The summed E-state index contributed by atoms with van der Waals surface area (Å²) in [4.78, 5) is 11.3. The van der Waals surface area contributed by atoms with Crippen molar-refractivity contribution in [2.75, 3.05) is 13.3 Å². The van der Waals surface area contributed by atoms with E-state index in [1.807, 2.05) is 25.1 Å². The number of hydrogen-bond acceptors (Lipinski definition) is 2. The molecule has 0 aliphatic carbocycles. The Morgan fingerprint density at radius 1 is 1.22 bits per heavy atom. The molecular weight excluding hydrogens is 228 g/mol. The number of benzene rings is 1. The maximum Gasteiger partial charge on any atom is 0.317 e. The van der Waals surface area contributed by atoms with Crippen LogP contribution in [0, 0.1) is 13.8 Å². The highest BCUT2D eigenvalue weighted by Crippen LogP contribution is 2.15. The number of hydrogen-bond donors (Lipinski definition) is 2. The van der Waals surface area contributed by atoms with Crippen molar-refractivity contribution in [3.8, 4) is 5.75 Å². The molecule has 0 aliphatic heterocycles. The Hall–Kier alpha value is -1.71. The molecule has 0 aromatic heterocycles. The van der Waals surface area contributed by atoms with Crippen LogP contribution in [0.3, 0.4) is 0 Å². The van der Waals surface area contributed by atoms with Crippen molar-refractivity contribution in [3.05, 3.63) is 29.3 Å². The van der Waals surface area contributed by atoms with Gasteiger partial charge in [-0.15, -0.1) is 0 Å². The third-order valence-corrected chi connectivity index (χ3v) is 2.77. The number of carbonyl (C=O) groups is 1. The fraction of sp³-hybridized carbons (Fsp3) is 0.500. The van der Waals surface area contributed by atoms with Gasteiger partial charge in [-0.25, -0.2) is 4.79 Å². The molecule has 4 nitrogen and oxygen atoms in total. The Morgan fingerprint density at radius 3 is 2.67 bits per heavy atom. The second-order valence-electron chi connectivity index (χ2n) is 4.32. The van der Waals surface area contributed by atoms with Gasteiger partial charge in [-0.2, -0.15) is 0 Å². The molecule has 1 rings (SSSR count). The molecule has 2 amide bonds. The normalized spacial score (nSPS) is 9.94. The number of carbonyl (C=O) groups excluding carboxylic acids is 1. The zero-order valence-corrected chi connectivity index (χ0v) is 11.4. The van der Waals surface area contributed by atoms with Crippen molar-refractivity contribution in [2.24, 2.45) is 0 Å². The van der Waals surface area contributed by atoms with E-state index in [1.54, 1.807) is 0 Å². The first-order chi connectivity index (χ1) is 8.63. The predicted octanol–water partition coefficient (Wildman–Crippen LogP) is 2.74. The summed E-state index contributed by atoms with van der Waals surface area (Å²) < 4.78 is 5.45. The molecule has 1 aromatic carbocycles. The third-order valence-electron chi connectivity index (χ3n) is 2.77. The fourth-order valence-corrected chi connectivity index (χ4v) is 1.43. The number of aryl methyl sites for hydroxylation is 2. The zero-order chi connectivity index (χ0) is 13.4. The standard InChI is InChI=1S/C14H22N2O2/c1-4-5-8-15-14(17)16-10-18-13-7-6-11(2)12(3)9-13/h6-7,9H,4-5,8,10H2,1-3H3,(H2,15,16,17). The van der Waals surface area contributed by atoms with Crippen molar-refractivity contribution in [2.45, 2.75) is 33.6 Å². The fourth-order valence-electron chi connectivity index (χ4n) is 1.43. The molecule has 0 bridgehead atoms. The van der Waals surface area contributed by atoms with E-state index in [-0.39, 0.29) is 12.8 Å². The lowest BCUT2D eigenvalue weighted by atomic mass is 10.1. The van der Waals surface area contributed by atoms with E-state index in [0.29, 0.717) is 6.54 Å². The molecule has 0 unspecified atom stereocenters. The molecule has 4 heteroatoms. The molecule has 0 aliphatic rings. The Morgan fingerprint density at radius 2 is 2.00 bits per heavy atom. The Bertz CT molecular complexity index is 391. The first-order valence-electron chi connectivity index (χ1n) is 6.35. The van der Waals surface area contributed by atoms with E-state index in [0.717, 1.165) is 18.6 Å². The highest BCUT2D eigenvalue weighted by Gasteiger charge is 2.00. The first kappa shape index (κ1) is 14.4. The average Bonchev–Trinajstić information content (AvgIpc) is 2.34. The molecule has 100 valence electrons. The van der Waals surface area contributed by atoms with E-state index in [2.05, 4.69) is 24.5 Å². The van der Waals surface area contributed by atoms with Gasteiger partial charge in [-0.1, -0.05) is 19.4 Å². The molecule has 0 heterocycles. The van der Waals surface area contributed by atoms with Crippen LogP contribution in [0.1, 0.15) is 30.9 Å². The van der Waals surface area contributed by atoms with Gasteiger partial charge in [-0.05, 0) is 43.5 Å². The Balaban J connectivity index is 2.24. The third kappa shape index (κ3) is 5.08. The molecule has 0 saturated carbocycles. The lowest BCUT2D eigenvalue weighted by Gasteiger charge is -2.10. The molecule has 2 N–H and O–H groups in total. The van der Waals surface area contributed by atoms with Crippen molar-refractivity contribution in [1.29, 1.82) is 0 Å². The molecule has 0 saturated heterocycles. The van der Waals surface area contributed by atoms with Gasteiger partial charge in [0, 0.05) is 6.54 Å². The van der Waals surface area contributed by atoms with Gasteiger partial charge in [0.2, 0.25) is 0 Å². The van der Waals surface area contributed by atoms with Crippen LogP contribution in [-0.4, -0.2) is 19.3 Å². The van der Waals surface area contributed by atoms with Crippen LogP contribution in [0.25, 0.3) is 0 Å². The summed E-state index contributed by atoms with van der Waals surface area (Å²) in [5.74, 6) is 0.770. The van der Waals surface area contributed by atoms with Gasteiger partial charge in [-0.3, -0.25) is 0 Å². The minimum Gasteiger partial charge on any atom is -0.473 e. The van der Waals surface area contributed by atoms with Crippen LogP contribution in [0.15, 0.2) is 18.2 Å². The number of ether oxygens (including phenoxy) is 1. The van der Waals surface area contributed by atoms with Crippen molar-refractivity contribution >= 4 is 6.03 Å². The van der Waals surface area contributed by atoms with E-state index in [4.69, 9.17) is 4.74 Å². The second kappa shape index (κ2) is 7.58. The quantitative estimate of drug-likeness (QED) is 0.602. The number of rotatable bonds is 6. The van der Waals surface area contributed by atoms with Crippen LogP contribution >= 0.6 is 0 Å². The SMILES string of the molecule is CCCCNC(=O)NCOc1ccc(C)c(C)c1. The smallest absolute Gasteiger partial charge is 0.317 e. The van der Waals surface area contributed by atoms with E-state index in [9.17, 15) is 4.79 Å². The monoisotopic (exact) mass is 250 g/mol. The van der Waals surface area contributed by atoms with E-state index >= 15 is 0 Å². The molecule has 0 fully saturated rings. The van der Waals surface area contributed by atoms with Crippen molar-refractivity contribution in [3.63, 3.8) is 0 Å². The van der Waals surface area contributed by atoms with Gasteiger partial charge in [0.25, 0.3) is 0 Å². The summed E-state index contributed by atoms with van der Waals surface area (Å²) in [6, 6.07) is 5.68. The molecule has 0 spiro atoms. The molecule has 0 radical (unpaired) electrons. The van der Waals surface area contributed by atoms with Gasteiger partial charge in [0.1, 0.15) is 5.75 Å². The van der Waals surface area contributed by atoms with E-state index in [1.165, 1.54) is 11.1 Å². The first-order valence-corrected chi connectivity index (χ1v) is 6.35. The molecule has 0 atom stereocenters. The van der Waals surface area contributed by atoms with Crippen LogP contribution in [0.5, 0.6) is 5.75 Å². The highest BCUT2D eigenvalue weighted by molar-refractivity contribution is 5.73. The number of urea groups is 1. The Kier molecular flexibility index (Phi) is 6.05. The Labute approximate surface area is 109 Å². The zero-order valence-electron chi connectivity index (χ0n) is 11.4. The largest absolute Gasteiger partial charge is 0.473 e. The molecule has 18 heavy (non-hydrogen) atoms. The van der Waals surface area contributed by atoms with Crippen LogP contribution in [-0.2, 0) is 0 Å². The summed E-state index contributed by atoms with van der Waals surface area (Å²) in [6.45, 7) is 7.06. The highest BCUT2D eigenvalue weighted by atomic mass is 16.5. The number of amides is 2. The lowest BCUT2D eigenvalue weighted by molar-refractivity contribution is 0.224. The van der Waals surface area contributed by atoms with Gasteiger partial charge < -0.3 is 15.4 Å². The maximum absolute atomic E-state index is 11.3. The van der Waals surface area contributed by atoms with Crippen molar-refractivity contribution in [1.82, 2.24) is 10.6 Å². The summed E-state index contributed by atoms with van der Waals surface area (Å²) in [7, 11) is 0. The summed E-state index contributed by atoms with van der Waals surface area (Å²) in [5.41, 5.74) is 2.41. The van der Waals surface area contributed by atoms with E-state index < -0.39 is 0 Å². The average molecular weight is 250 g/mol. The minimum absolute atomic E-state index is 0.181.